The first-order valence-electron chi connectivity index (χ1n) is 2.90. The fraction of sp³-hybridized carbons (Fsp3) is 0. The SMILES string of the molecule is NC(=S)N/N=C\c1ccsc1. The molecule has 0 aliphatic heterocycles. The van der Waals surface area contributed by atoms with Gasteiger partial charge in [-0.15, -0.1) is 0 Å². The van der Waals surface area contributed by atoms with Crippen LogP contribution >= 0.6 is 23.6 Å². The Morgan fingerprint density at radius 1 is 1.82 bits per heavy atom. The molecule has 11 heavy (non-hydrogen) atoms. The van der Waals surface area contributed by atoms with Crippen molar-refractivity contribution in [1.29, 1.82) is 0 Å². The van der Waals surface area contributed by atoms with Crippen molar-refractivity contribution in [3.8, 4) is 0 Å². The van der Waals surface area contributed by atoms with Gasteiger partial charge in [0, 0.05) is 5.56 Å². The van der Waals surface area contributed by atoms with Gasteiger partial charge in [0.1, 0.15) is 0 Å². The Kier molecular flexibility index (Phi) is 3.00. The highest BCUT2D eigenvalue weighted by Gasteiger charge is 1.84. The normalized spacial score (nSPS) is 10.2. The first-order chi connectivity index (χ1) is 5.29. The fourth-order valence-electron chi connectivity index (χ4n) is 0.519. The Morgan fingerprint density at radius 3 is 3.18 bits per heavy atom. The lowest BCUT2D eigenvalue weighted by molar-refractivity contribution is 1.04. The number of hydrogen-bond donors (Lipinski definition) is 2. The van der Waals surface area contributed by atoms with E-state index in [4.69, 9.17) is 5.73 Å². The molecule has 0 radical (unpaired) electrons. The number of nitrogens with one attached hydrogen (secondary N) is 1. The van der Waals surface area contributed by atoms with Crippen LogP contribution in [0, 0.1) is 0 Å². The van der Waals surface area contributed by atoms with Crippen molar-refractivity contribution in [2.24, 2.45) is 10.8 Å². The van der Waals surface area contributed by atoms with Crippen molar-refractivity contribution in [3.63, 3.8) is 0 Å². The van der Waals surface area contributed by atoms with E-state index < -0.39 is 0 Å². The zero-order chi connectivity index (χ0) is 8.10. The first-order valence-corrected chi connectivity index (χ1v) is 4.25. The Morgan fingerprint density at radius 2 is 2.64 bits per heavy atom. The van der Waals surface area contributed by atoms with E-state index >= 15 is 0 Å². The lowest BCUT2D eigenvalue weighted by Gasteiger charge is -1.91. The van der Waals surface area contributed by atoms with Gasteiger partial charge in [0.25, 0.3) is 0 Å². The number of hydrazone groups is 1. The molecule has 0 atom stereocenters. The van der Waals surface area contributed by atoms with Crippen molar-refractivity contribution in [1.82, 2.24) is 5.43 Å². The average molecular weight is 185 g/mol. The van der Waals surface area contributed by atoms with Crippen LogP contribution in [0.3, 0.4) is 0 Å². The number of nitrogens with zero attached hydrogens (tertiary/aromatic N) is 1. The first kappa shape index (κ1) is 8.16. The second-order valence-electron chi connectivity index (χ2n) is 1.79. The molecule has 0 aliphatic rings. The molecule has 0 bridgehead atoms. The third-order valence-electron chi connectivity index (χ3n) is 0.932. The van der Waals surface area contributed by atoms with Gasteiger partial charge >= 0.3 is 0 Å². The zero-order valence-corrected chi connectivity index (χ0v) is 7.28. The maximum atomic E-state index is 5.14. The number of rotatable bonds is 2. The standard InChI is InChI=1S/C6H7N3S2/c7-6(10)9-8-3-5-1-2-11-4-5/h1-4H,(H3,7,9,10)/b8-3-. The largest absolute Gasteiger partial charge is 0.375 e. The maximum absolute atomic E-state index is 5.14. The van der Waals surface area contributed by atoms with E-state index in [9.17, 15) is 0 Å². The molecule has 1 rings (SSSR count). The summed E-state index contributed by atoms with van der Waals surface area (Å²) in [5, 5.41) is 7.91. The molecule has 0 fully saturated rings. The molecule has 3 nitrogen and oxygen atoms in total. The Bertz CT molecular complexity index is 253. The van der Waals surface area contributed by atoms with Gasteiger partial charge < -0.3 is 5.73 Å². The van der Waals surface area contributed by atoms with Crippen LogP contribution in [0.4, 0.5) is 0 Å². The van der Waals surface area contributed by atoms with Crippen LogP contribution in [0.1, 0.15) is 5.56 Å². The third-order valence-corrected chi connectivity index (χ3v) is 1.72. The molecule has 3 N–H and O–H groups in total. The van der Waals surface area contributed by atoms with E-state index in [0.29, 0.717) is 0 Å². The molecular formula is C6H7N3S2. The van der Waals surface area contributed by atoms with Gasteiger partial charge in [-0.05, 0) is 29.0 Å². The van der Waals surface area contributed by atoms with E-state index in [1.165, 1.54) is 0 Å². The molecule has 0 aliphatic carbocycles. The Balaban J connectivity index is 2.43. The van der Waals surface area contributed by atoms with Crippen molar-refractivity contribution in [3.05, 3.63) is 22.4 Å². The Labute approximate surface area is 73.9 Å². The second kappa shape index (κ2) is 4.05. The molecule has 0 amide bonds. The number of thiophene rings is 1. The summed E-state index contributed by atoms with van der Waals surface area (Å²) >= 11 is 6.16. The maximum Gasteiger partial charge on any atom is 0.184 e. The number of nitrogens with two attached hydrogens (primary N) is 1. The van der Waals surface area contributed by atoms with Gasteiger partial charge in [-0.25, -0.2) is 0 Å². The molecule has 0 unspecified atom stereocenters. The van der Waals surface area contributed by atoms with Gasteiger partial charge in [0.05, 0.1) is 6.21 Å². The highest BCUT2D eigenvalue weighted by Crippen LogP contribution is 2.01. The molecule has 58 valence electrons. The van der Waals surface area contributed by atoms with Gasteiger partial charge in [-0.2, -0.15) is 16.4 Å². The van der Waals surface area contributed by atoms with E-state index in [1.54, 1.807) is 17.6 Å². The van der Waals surface area contributed by atoms with Crippen LogP contribution in [0.15, 0.2) is 21.9 Å². The average Bonchev–Trinajstić information content (AvgIpc) is 2.39. The summed E-state index contributed by atoms with van der Waals surface area (Å²) < 4.78 is 0. The van der Waals surface area contributed by atoms with Gasteiger partial charge in [0.15, 0.2) is 5.11 Å². The molecule has 0 spiro atoms. The van der Waals surface area contributed by atoms with Crippen molar-refractivity contribution >= 4 is 34.9 Å². The molecule has 0 saturated heterocycles. The zero-order valence-electron chi connectivity index (χ0n) is 5.65. The summed E-state index contributed by atoms with van der Waals surface area (Å²) in [5.74, 6) is 0. The molecule has 1 aromatic heterocycles. The summed E-state index contributed by atoms with van der Waals surface area (Å²) in [4.78, 5) is 0. The van der Waals surface area contributed by atoms with Crippen molar-refractivity contribution in [2.75, 3.05) is 0 Å². The summed E-state index contributed by atoms with van der Waals surface area (Å²) in [6.07, 6.45) is 1.66. The van der Waals surface area contributed by atoms with Crippen molar-refractivity contribution in [2.45, 2.75) is 0 Å². The fourth-order valence-corrected chi connectivity index (χ4v) is 1.18. The predicted molar refractivity (Wildman–Crippen MR) is 51.8 cm³/mol. The number of hydrogen-bond acceptors (Lipinski definition) is 3. The summed E-state index contributed by atoms with van der Waals surface area (Å²) in [6, 6.07) is 1.95. The lowest BCUT2D eigenvalue weighted by atomic mass is 10.4. The minimum Gasteiger partial charge on any atom is -0.375 e. The molecular weight excluding hydrogens is 178 g/mol. The van der Waals surface area contributed by atoms with Crippen LogP contribution in [0.2, 0.25) is 0 Å². The van der Waals surface area contributed by atoms with Gasteiger partial charge in [0.2, 0.25) is 0 Å². The Hall–Kier alpha value is -0.940. The summed E-state index contributed by atoms with van der Waals surface area (Å²) in [7, 11) is 0. The van der Waals surface area contributed by atoms with Gasteiger partial charge in [-0.3, -0.25) is 5.43 Å². The van der Waals surface area contributed by atoms with E-state index in [-0.39, 0.29) is 5.11 Å². The monoisotopic (exact) mass is 185 g/mol. The molecule has 1 aromatic rings. The summed E-state index contributed by atoms with van der Waals surface area (Å²) in [5.41, 5.74) is 8.65. The third kappa shape index (κ3) is 3.10. The van der Waals surface area contributed by atoms with Gasteiger partial charge in [-0.1, -0.05) is 0 Å². The van der Waals surface area contributed by atoms with Crippen LogP contribution in [-0.4, -0.2) is 11.3 Å². The van der Waals surface area contributed by atoms with Crippen LogP contribution in [0.5, 0.6) is 0 Å². The minimum absolute atomic E-state index is 0.177. The molecule has 5 heteroatoms. The highest BCUT2D eigenvalue weighted by molar-refractivity contribution is 7.80. The van der Waals surface area contributed by atoms with Crippen LogP contribution in [-0.2, 0) is 0 Å². The number of thiocarbonyl (C=S) groups is 1. The van der Waals surface area contributed by atoms with E-state index in [0.717, 1.165) is 5.56 Å². The quantitative estimate of drug-likeness (QED) is 0.409. The smallest absolute Gasteiger partial charge is 0.184 e. The second-order valence-corrected chi connectivity index (χ2v) is 3.01. The van der Waals surface area contributed by atoms with E-state index in [1.807, 2.05) is 16.8 Å². The lowest BCUT2D eigenvalue weighted by Crippen LogP contribution is -2.23. The highest BCUT2D eigenvalue weighted by atomic mass is 32.1. The molecule has 0 saturated carbocycles. The molecule has 0 aromatic carbocycles. The summed E-state index contributed by atoms with van der Waals surface area (Å²) in [6.45, 7) is 0. The molecule has 1 heterocycles. The van der Waals surface area contributed by atoms with Crippen LogP contribution in [0.25, 0.3) is 0 Å². The predicted octanol–water partition coefficient (Wildman–Crippen LogP) is 0.915. The van der Waals surface area contributed by atoms with Crippen LogP contribution < -0.4 is 11.2 Å². The van der Waals surface area contributed by atoms with E-state index in [2.05, 4.69) is 22.7 Å². The minimum atomic E-state index is 0.177. The van der Waals surface area contributed by atoms with Crippen molar-refractivity contribution < 1.29 is 0 Å². The topological polar surface area (TPSA) is 50.4 Å².